The Bertz CT molecular complexity index is 324. The number of nitrogens with zero attached hydrogens (tertiary/aromatic N) is 2. The molecule has 1 fully saturated rings. The number of hydrogen-bond acceptors (Lipinski definition) is 6. The second-order valence-corrected chi connectivity index (χ2v) is 4.20. The molecule has 1 N–H and O–H groups in total. The average Bonchev–Trinajstić information content (AvgIpc) is 2.30. The van der Waals surface area contributed by atoms with Crippen LogP contribution in [0, 0.1) is 10.1 Å². The minimum absolute atomic E-state index is 0.0284. The first-order valence-electron chi connectivity index (χ1n) is 5.78. The van der Waals surface area contributed by atoms with E-state index in [0.717, 1.165) is 0 Å². The van der Waals surface area contributed by atoms with Crippen LogP contribution in [0.2, 0.25) is 0 Å². The molecule has 18 heavy (non-hydrogen) atoms. The van der Waals surface area contributed by atoms with Gasteiger partial charge in [-0.15, -0.1) is 10.1 Å². The third-order valence-electron chi connectivity index (χ3n) is 2.89. The Morgan fingerprint density at radius 3 is 2.50 bits per heavy atom. The summed E-state index contributed by atoms with van der Waals surface area (Å²) in [6.07, 6.45) is 1.32. The zero-order valence-electron chi connectivity index (χ0n) is 9.91. The van der Waals surface area contributed by atoms with Gasteiger partial charge in [0.25, 0.3) is 5.09 Å². The maximum atomic E-state index is 10.8. The standard InChI is InChI=1S/C10H16N2O6/c13-9(10(14)15)2-1-5-11-6-3-8(4-7-11)18-12(16)17/h8H,1-7H2,(H,14,15). The highest BCUT2D eigenvalue weighted by Crippen LogP contribution is 2.14. The lowest BCUT2D eigenvalue weighted by Crippen LogP contribution is -2.38. The number of piperidine rings is 1. The van der Waals surface area contributed by atoms with Crippen LogP contribution in [0.25, 0.3) is 0 Å². The minimum Gasteiger partial charge on any atom is -0.476 e. The molecule has 0 aliphatic carbocycles. The fraction of sp³-hybridized carbons (Fsp3) is 0.800. The van der Waals surface area contributed by atoms with Crippen LogP contribution in [0.1, 0.15) is 25.7 Å². The number of carbonyl (C=O) groups is 2. The lowest BCUT2D eigenvalue weighted by Gasteiger charge is -2.30. The van der Waals surface area contributed by atoms with Crippen molar-refractivity contribution in [1.29, 1.82) is 0 Å². The van der Waals surface area contributed by atoms with E-state index in [1.165, 1.54) is 0 Å². The van der Waals surface area contributed by atoms with Gasteiger partial charge >= 0.3 is 5.97 Å². The highest BCUT2D eigenvalue weighted by Gasteiger charge is 2.22. The lowest BCUT2D eigenvalue weighted by atomic mass is 10.1. The van der Waals surface area contributed by atoms with Crippen molar-refractivity contribution in [1.82, 2.24) is 4.90 Å². The number of carbonyl (C=O) groups excluding carboxylic acids is 1. The van der Waals surface area contributed by atoms with E-state index in [-0.39, 0.29) is 12.5 Å². The topological polar surface area (TPSA) is 110 Å². The molecular weight excluding hydrogens is 244 g/mol. The van der Waals surface area contributed by atoms with Gasteiger partial charge in [0.2, 0.25) is 5.78 Å². The van der Waals surface area contributed by atoms with E-state index in [4.69, 9.17) is 5.11 Å². The molecule has 8 heteroatoms. The smallest absolute Gasteiger partial charge is 0.372 e. The van der Waals surface area contributed by atoms with Crippen molar-refractivity contribution in [3.8, 4) is 0 Å². The maximum absolute atomic E-state index is 10.8. The van der Waals surface area contributed by atoms with Crippen molar-refractivity contribution >= 4 is 11.8 Å². The first-order chi connectivity index (χ1) is 8.49. The summed E-state index contributed by atoms with van der Waals surface area (Å²) < 4.78 is 0. The molecule has 0 atom stereocenters. The molecule has 102 valence electrons. The first-order valence-corrected chi connectivity index (χ1v) is 5.78. The fourth-order valence-electron chi connectivity index (χ4n) is 1.93. The molecule has 0 spiro atoms. The summed E-state index contributed by atoms with van der Waals surface area (Å²) in [4.78, 5) is 37.8. The maximum Gasteiger partial charge on any atom is 0.372 e. The van der Waals surface area contributed by atoms with Gasteiger partial charge in [-0.3, -0.25) is 4.79 Å². The first kappa shape index (κ1) is 14.4. The van der Waals surface area contributed by atoms with Crippen LogP contribution in [0.3, 0.4) is 0 Å². The Kier molecular flexibility index (Phi) is 5.50. The van der Waals surface area contributed by atoms with Gasteiger partial charge in [-0.05, 0) is 25.8 Å². The fourth-order valence-corrected chi connectivity index (χ4v) is 1.93. The van der Waals surface area contributed by atoms with Gasteiger partial charge in [-0.25, -0.2) is 4.79 Å². The van der Waals surface area contributed by atoms with E-state index in [1.54, 1.807) is 0 Å². The molecule has 1 rings (SSSR count). The van der Waals surface area contributed by atoms with Crippen LogP contribution >= 0.6 is 0 Å². The van der Waals surface area contributed by atoms with Crippen molar-refractivity contribution in [2.75, 3.05) is 19.6 Å². The number of carboxylic acids is 1. The molecule has 0 aromatic heterocycles. The van der Waals surface area contributed by atoms with Gasteiger partial charge in [-0.1, -0.05) is 0 Å². The van der Waals surface area contributed by atoms with Gasteiger partial charge in [0.1, 0.15) is 6.10 Å². The highest BCUT2D eigenvalue weighted by molar-refractivity contribution is 6.32. The molecule has 0 aromatic carbocycles. The second kappa shape index (κ2) is 6.90. The van der Waals surface area contributed by atoms with Gasteiger partial charge in [0, 0.05) is 19.5 Å². The molecular formula is C10H16N2O6. The van der Waals surface area contributed by atoms with E-state index in [1.807, 2.05) is 0 Å². The monoisotopic (exact) mass is 260 g/mol. The zero-order chi connectivity index (χ0) is 13.5. The Labute approximate surface area is 104 Å². The summed E-state index contributed by atoms with van der Waals surface area (Å²) in [6.45, 7) is 1.96. The number of ketones is 1. The summed E-state index contributed by atoms with van der Waals surface area (Å²) in [5.74, 6) is -2.17. The van der Waals surface area contributed by atoms with Gasteiger partial charge in [0.05, 0.1) is 0 Å². The SMILES string of the molecule is O=C(O)C(=O)CCCN1CCC(O[N+](=O)[O-])CC1. The normalized spacial score (nSPS) is 17.3. The third-order valence-corrected chi connectivity index (χ3v) is 2.89. The quantitative estimate of drug-likeness (QED) is 0.392. The summed E-state index contributed by atoms with van der Waals surface area (Å²) in [6, 6.07) is 0. The van der Waals surface area contributed by atoms with Crippen molar-refractivity contribution in [2.24, 2.45) is 0 Å². The number of hydrogen-bond donors (Lipinski definition) is 1. The Balaban J connectivity index is 2.14. The van der Waals surface area contributed by atoms with Crippen LogP contribution in [-0.4, -0.2) is 52.6 Å². The molecule has 1 saturated heterocycles. The summed E-state index contributed by atoms with van der Waals surface area (Å²) in [7, 11) is 0. The molecule has 0 saturated carbocycles. The molecule has 1 aliphatic heterocycles. The number of rotatable bonds is 7. The van der Waals surface area contributed by atoms with Crippen LogP contribution in [0.5, 0.6) is 0 Å². The lowest BCUT2D eigenvalue weighted by molar-refractivity contribution is -0.769. The second-order valence-electron chi connectivity index (χ2n) is 4.20. The Morgan fingerprint density at radius 2 is 2.00 bits per heavy atom. The predicted octanol–water partition coefficient (Wildman–Crippen LogP) is 0.0930. The number of Topliss-reactive ketones (excluding diaryl/α,β-unsaturated/α-hetero) is 1. The largest absolute Gasteiger partial charge is 0.476 e. The van der Waals surface area contributed by atoms with E-state index in [2.05, 4.69) is 9.74 Å². The van der Waals surface area contributed by atoms with Gasteiger partial charge < -0.3 is 14.8 Å². The van der Waals surface area contributed by atoms with Crippen molar-refractivity contribution in [2.45, 2.75) is 31.8 Å². The van der Waals surface area contributed by atoms with Crippen LogP contribution < -0.4 is 0 Å². The zero-order valence-corrected chi connectivity index (χ0v) is 9.91. The third kappa shape index (κ3) is 5.09. The van der Waals surface area contributed by atoms with E-state index < -0.39 is 16.8 Å². The summed E-state index contributed by atoms with van der Waals surface area (Å²) in [5, 5.41) is 17.8. The van der Waals surface area contributed by atoms with E-state index in [0.29, 0.717) is 38.9 Å². The van der Waals surface area contributed by atoms with Crippen LogP contribution in [-0.2, 0) is 14.4 Å². The molecule has 1 aliphatic rings. The van der Waals surface area contributed by atoms with Crippen LogP contribution in [0.15, 0.2) is 0 Å². The van der Waals surface area contributed by atoms with Crippen molar-refractivity contribution < 1.29 is 24.6 Å². The highest BCUT2D eigenvalue weighted by atomic mass is 17.0. The average molecular weight is 260 g/mol. The van der Waals surface area contributed by atoms with E-state index >= 15 is 0 Å². The number of carboxylic acid groups (broad SMARTS) is 1. The molecule has 0 amide bonds. The predicted molar refractivity (Wildman–Crippen MR) is 59.4 cm³/mol. The molecule has 1 heterocycles. The van der Waals surface area contributed by atoms with Crippen LogP contribution in [0.4, 0.5) is 0 Å². The van der Waals surface area contributed by atoms with Crippen molar-refractivity contribution in [3.63, 3.8) is 0 Å². The summed E-state index contributed by atoms with van der Waals surface area (Å²) in [5.41, 5.74) is 0. The van der Waals surface area contributed by atoms with E-state index in [9.17, 15) is 19.7 Å². The summed E-state index contributed by atoms with van der Waals surface area (Å²) >= 11 is 0. The van der Waals surface area contributed by atoms with Gasteiger partial charge in [0.15, 0.2) is 0 Å². The molecule has 0 radical (unpaired) electrons. The molecule has 8 nitrogen and oxygen atoms in total. The Morgan fingerprint density at radius 1 is 1.39 bits per heavy atom. The van der Waals surface area contributed by atoms with Gasteiger partial charge in [-0.2, -0.15) is 0 Å². The van der Waals surface area contributed by atoms with Crippen molar-refractivity contribution in [3.05, 3.63) is 10.1 Å². The minimum atomic E-state index is -1.40. The Hall–Kier alpha value is -1.70. The molecule has 0 unspecified atom stereocenters. The number of aliphatic carboxylic acids is 1. The number of likely N-dealkylation sites (tertiary alicyclic amines) is 1. The molecule has 0 bridgehead atoms. The molecule has 0 aromatic rings.